The third kappa shape index (κ3) is 5.98. The number of likely N-dealkylation sites (tertiary alicyclic amines) is 1. The second kappa shape index (κ2) is 11.5. The second-order valence-corrected chi connectivity index (χ2v) is 9.93. The number of aliphatic hydroxyl groups is 1. The smallest absolute Gasteiger partial charge is 0.149 e. The fraction of sp³-hybridized carbons (Fsp3) is 0.586. The molecule has 1 heterocycles. The number of hydrogen-bond donors (Lipinski definition) is 1. The van der Waals surface area contributed by atoms with Crippen molar-refractivity contribution in [1.29, 1.82) is 0 Å². The number of hydrogen-bond acceptors (Lipinski definition) is 4. The lowest BCUT2D eigenvalue weighted by molar-refractivity contribution is -0.126. The number of piperidine rings is 1. The predicted molar refractivity (Wildman–Crippen MR) is 133 cm³/mol. The van der Waals surface area contributed by atoms with Gasteiger partial charge in [0.15, 0.2) is 0 Å². The lowest BCUT2D eigenvalue weighted by Gasteiger charge is -2.40. The lowest BCUT2D eigenvalue weighted by Crippen LogP contribution is -2.46. The number of rotatable bonds is 10. The van der Waals surface area contributed by atoms with Gasteiger partial charge in [-0.1, -0.05) is 68.3 Å². The quantitative estimate of drug-likeness (QED) is 0.481. The van der Waals surface area contributed by atoms with Crippen molar-refractivity contribution in [1.82, 2.24) is 4.90 Å². The van der Waals surface area contributed by atoms with Gasteiger partial charge in [-0.25, -0.2) is 0 Å². The summed E-state index contributed by atoms with van der Waals surface area (Å²) in [5, 5.41) is 11.8. The maximum atomic E-state index is 11.8. The maximum absolute atomic E-state index is 11.8. The SMILES string of the molecule is CCC(OCC(O)(c1ccccc1)C1CCCC1)C1CCN(C(C)Oc2ccccc2)CC1. The van der Waals surface area contributed by atoms with Crippen molar-refractivity contribution in [3.63, 3.8) is 0 Å². The average molecular weight is 452 g/mol. The molecule has 180 valence electrons. The van der Waals surface area contributed by atoms with E-state index in [1.165, 1.54) is 12.8 Å². The van der Waals surface area contributed by atoms with Gasteiger partial charge in [0, 0.05) is 13.1 Å². The van der Waals surface area contributed by atoms with Crippen molar-refractivity contribution in [2.45, 2.75) is 76.7 Å². The summed E-state index contributed by atoms with van der Waals surface area (Å²) in [5.74, 6) is 1.74. The van der Waals surface area contributed by atoms with Crippen LogP contribution in [0, 0.1) is 11.8 Å². The minimum absolute atomic E-state index is 0.0693. The van der Waals surface area contributed by atoms with Crippen LogP contribution >= 0.6 is 0 Å². The van der Waals surface area contributed by atoms with Crippen LogP contribution in [-0.4, -0.2) is 42.0 Å². The third-order valence-corrected chi connectivity index (χ3v) is 7.89. The monoisotopic (exact) mass is 451 g/mol. The molecule has 0 aromatic heterocycles. The van der Waals surface area contributed by atoms with Crippen molar-refractivity contribution < 1.29 is 14.6 Å². The summed E-state index contributed by atoms with van der Waals surface area (Å²) in [6.07, 6.45) is 8.04. The van der Waals surface area contributed by atoms with Gasteiger partial charge in [0.05, 0.1) is 12.7 Å². The number of benzene rings is 2. The van der Waals surface area contributed by atoms with Crippen LogP contribution in [0.4, 0.5) is 0 Å². The second-order valence-electron chi connectivity index (χ2n) is 9.93. The number of para-hydroxylation sites is 1. The van der Waals surface area contributed by atoms with Crippen molar-refractivity contribution in [2.75, 3.05) is 19.7 Å². The highest BCUT2D eigenvalue weighted by Gasteiger charge is 2.41. The Morgan fingerprint density at radius 3 is 2.15 bits per heavy atom. The van der Waals surface area contributed by atoms with Crippen molar-refractivity contribution in [3.05, 3.63) is 66.2 Å². The van der Waals surface area contributed by atoms with Crippen molar-refractivity contribution in [3.8, 4) is 5.75 Å². The molecule has 1 saturated heterocycles. The van der Waals surface area contributed by atoms with Crippen LogP contribution in [0.3, 0.4) is 0 Å². The molecular weight excluding hydrogens is 410 g/mol. The molecule has 33 heavy (non-hydrogen) atoms. The standard InChI is InChI=1S/C29H41NO3/c1-3-28(24-18-20-30(21-19-24)23(2)33-27-16-8-5-9-17-27)32-22-29(31,26-14-10-11-15-26)25-12-6-4-7-13-25/h4-9,12-13,16-17,23-24,26,28,31H,3,10-11,14-15,18-22H2,1-2H3. The summed E-state index contributed by atoms with van der Waals surface area (Å²) in [4.78, 5) is 2.43. The topological polar surface area (TPSA) is 41.9 Å². The van der Waals surface area contributed by atoms with E-state index < -0.39 is 5.60 Å². The third-order valence-electron chi connectivity index (χ3n) is 7.89. The molecule has 2 aromatic rings. The summed E-state index contributed by atoms with van der Waals surface area (Å²) in [5.41, 5.74) is 0.123. The molecule has 0 radical (unpaired) electrons. The highest BCUT2D eigenvalue weighted by atomic mass is 16.5. The van der Waals surface area contributed by atoms with E-state index in [2.05, 4.69) is 30.9 Å². The molecule has 2 aromatic carbocycles. The molecule has 0 spiro atoms. The molecule has 1 aliphatic carbocycles. The Bertz CT molecular complexity index is 815. The zero-order valence-electron chi connectivity index (χ0n) is 20.4. The largest absolute Gasteiger partial charge is 0.475 e. The fourth-order valence-corrected chi connectivity index (χ4v) is 5.81. The Morgan fingerprint density at radius 2 is 1.55 bits per heavy atom. The Hall–Kier alpha value is -1.88. The fourth-order valence-electron chi connectivity index (χ4n) is 5.81. The van der Waals surface area contributed by atoms with Crippen LogP contribution in [-0.2, 0) is 10.3 Å². The van der Waals surface area contributed by atoms with Gasteiger partial charge >= 0.3 is 0 Å². The molecule has 1 N–H and O–H groups in total. The first-order valence-electron chi connectivity index (χ1n) is 13.0. The molecule has 2 fully saturated rings. The first-order chi connectivity index (χ1) is 16.1. The first kappa shape index (κ1) is 24.3. The van der Waals surface area contributed by atoms with Gasteiger partial charge in [-0.2, -0.15) is 0 Å². The highest BCUT2D eigenvalue weighted by molar-refractivity contribution is 5.24. The molecule has 4 heteroatoms. The Labute approximate surface area is 199 Å². The summed E-state index contributed by atoms with van der Waals surface area (Å²) in [6.45, 7) is 6.79. The molecule has 0 bridgehead atoms. The van der Waals surface area contributed by atoms with E-state index in [1.807, 2.05) is 48.5 Å². The minimum Gasteiger partial charge on any atom is -0.475 e. The van der Waals surface area contributed by atoms with Crippen LogP contribution in [0.1, 0.15) is 64.4 Å². The van der Waals surface area contributed by atoms with Crippen LogP contribution in [0.2, 0.25) is 0 Å². The molecule has 2 aliphatic rings. The number of nitrogens with zero attached hydrogens (tertiary/aromatic N) is 1. The van der Waals surface area contributed by atoms with E-state index in [1.54, 1.807) is 0 Å². The van der Waals surface area contributed by atoms with Gasteiger partial charge in [0.1, 0.15) is 17.6 Å². The highest BCUT2D eigenvalue weighted by Crippen LogP contribution is 2.41. The van der Waals surface area contributed by atoms with Crippen LogP contribution < -0.4 is 4.74 Å². The summed E-state index contributed by atoms with van der Waals surface area (Å²) >= 11 is 0. The molecule has 1 saturated carbocycles. The van der Waals surface area contributed by atoms with E-state index in [0.717, 1.165) is 56.5 Å². The molecular formula is C29H41NO3. The van der Waals surface area contributed by atoms with E-state index in [0.29, 0.717) is 12.5 Å². The molecule has 4 nitrogen and oxygen atoms in total. The summed E-state index contributed by atoms with van der Waals surface area (Å²) in [7, 11) is 0. The molecule has 3 unspecified atom stereocenters. The zero-order valence-corrected chi connectivity index (χ0v) is 20.4. The average Bonchev–Trinajstić information content (AvgIpc) is 3.42. The Kier molecular flexibility index (Phi) is 8.45. The van der Waals surface area contributed by atoms with Gasteiger partial charge in [0.2, 0.25) is 0 Å². The van der Waals surface area contributed by atoms with E-state index >= 15 is 0 Å². The van der Waals surface area contributed by atoms with Crippen molar-refractivity contribution in [2.24, 2.45) is 11.8 Å². The van der Waals surface area contributed by atoms with Crippen molar-refractivity contribution >= 4 is 0 Å². The van der Waals surface area contributed by atoms with E-state index in [9.17, 15) is 5.11 Å². The van der Waals surface area contributed by atoms with Gasteiger partial charge in [-0.15, -0.1) is 0 Å². The summed E-state index contributed by atoms with van der Waals surface area (Å²) in [6, 6.07) is 20.3. The van der Waals surface area contributed by atoms with Gasteiger partial charge in [-0.05, 0) is 68.6 Å². The number of ether oxygens (including phenoxy) is 2. The Morgan fingerprint density at radius 1 is 0.939 bits per heavy atom. The van der Waals surface area contributed by atoms with Gasteiger partial charge < -0.3 is 14.6 Å². The first-order valence-corrected chi connectivity index (χ1v) is 13.0. The normalized spacial score (nSPS) is 22.0. The molecule has 0 amide bonds. The molecule has 3 atom stereocenters. The zero-order chi connectivity index (χ0) is 23.1. The molecule has 1 aliphatic heterocycles. The maximum Gasteiger partial charge on any atom is 0.149 e. The van der Waals surface area contributed by atoms with E-state index in [-0.39, 0.29) is 18.2 Å². The predicted octanol–water partition coefficient (Wildman–Crippen LogP) is 6.00. The van der Waals surface area contributed by atoms with Crippen LogP contribution in [0.25, 0.3) is 0 Å². The lowest BCUT2D eigenvalue weighted by atomic mass is 9.80. The minimum atomic E-state index is -0.885. The van der Waals surface area contributed by atoms with Gasteiger partial charge in [-0.3, -0.25) is 4.90 Å². The Balaban J connectivity index is 1.33. The van der Waals surface area contributed by atoms with Crippen LogP contribution in [0.15, 0.2) is 60.7 Å². The summed E-state index contributed by atoms with van der Waals surface area (Å²) < 4.78 is 12.7. The van der Waals surface area contributed by atoms with Crippen LogP contribution in [0.5, 0.6) is 5.75 Å². The molecule has 4 rings (SSSR count). The van der Waals surface area contributed by atoms with Gasteiger partial charge in [0.25, 0.3) is 0 Å². The van der Waals surface area contributed by atoms with E-state index in [4.69, 9.17) is 9.47 Å².